The minimum Gasteiger partial charge on any atom is -0.499 e. The van der Waals surface area contributed by atoms with Crippen molar-refractivity contribution in [3.63, 3.8) is 0 Å². The van der Waals surface area contributed by atoms with E-state index in [9.17, 15) is 4.79 Å². The molecule has 0 aliphatic rings. The third kappa shape index (κ3) is 4.73. The van der Waals surface area contributed by atoms with E-state index in [0.717, 1.165) is 5.69 Å². The fourth-order valence-corrected chi connectivity index (χ4v) is 2.43. The molecule has 1 aromatic heterocycles. The Morgan fingerprint density at radius 1 is 1.36 bits per heavy atom. The highest BCUT2D eigenvalue weighted by molar-refractivity contribution is 6.06. The van der Waals surface area contributed by atoms with Crippen LogP contribution in [0.25, 0.3) is 0 Å². The first kappa shape index (κ1) is 18.3. The van der Waals surface area contributed by atoms with Crippen molar-refractivity contribution in [1.82, 2.24) is 4.98 Å². The minimum absolute atomic E-state index is 0.169. The van der Waals surface area contributed by atoms with Crippen molar-refractivity contribution in [1.29, 1.82) is 0 Å². The second kappa shape index (κ2) is 8.73. The molecule has 132 valence electrons. The number of pyridine rings is 1. The van der Waals surface area contributed by atoms with Crippen molar-refractivity contribution >= 4 is 23.1 Å². The third-order valence-corrected chi connectivity index (χ3v) is 3.70. The van der Waals surface area contributed by atoms with Gasteiger partial charge in [-0.2, -0.15) is 0 Å². The quantitative estimate of drug-likeness (QED) is 0.569. The molecule has 0 saturated heterocycles. The summed E-state index contributed by atoms with van der Waals surface area (Å²) in [5.41, 5.74) is 7.80. The molecule has 1 aromatic carbocycles. The van der Waals surface area contributed by atoms with E-state index in [1.165, 1.54) is 0 Å². The lowest BCUT2D eigenvalue weighted by molar-refractivity contribution is 0.0985. The Morgan fingerprint density at radius 3 is 2.76 bits per heavy atom. The number of nitrogens with one attached hydrogen (secondary N) is 1. The number of aromatic nitrogens is 1. The molecule has 0 unspecified atom stereocenters. The van der Waals surface area contributed by atoms with Crippen LogP contribution in [0, 0.1) is 0 Å². The van der Waals surface area contributed by atoms with Gasteiger partial charge in [0.2, 0.25) is 0 Å². The number of hydrogen-bond donors (Lipinski definition) is 2. The maximum atomic E-state index is 13.0. The average Bonchev–Trinajstić information content (AvgIpc) is 2.62. The van der Waals surface area contributed by atoms with Crippen molar-refractivity contribution in [2.24, 2.45) is 0 Å². The SMILES string of the molecule is C=C(CCN(C(=O)c1ccc(NC)c(N)c1)c1ccccn1)OCC. The van der Waals surface area contributed by atoms with Crippen LogP contribution in [-0.4, -0.2) is 31.1 Å². The van der Waals surface area contributed by atoms with Crippen molar-refractivity contribution in [2.75, 3.05) is 36.1 Å². The van der Waals surface area contributed by atoms with Crippen LogP contribution in [0.2, 0.25) is 0 Å². The molecule has 0 aliphatic heterocycles. The first-order chi connectivity index (χ1) is 12.1. The normalized spacial score (nSPS) is 10.2. The van der Waals surface area contributed by atoms with E-state index < -0.39 is 0 Å². The number of rotatable bonds is 8. The zero-order valence-corrected chi connectivity index (χ0v) is 14.7. The lowest BCUT2D eigenvalue weighted by Crippen LogP contribution is -2.33. The molecular weight excluding hydrogens is 316 g/mol. The van der Waals surface area contributed by atoms with E-state index in [-0.39, 0.29) is 5.91 Å². The van der Waals surface area contributed by atoms with Crippen LogP contribution in [0.5, 0.6) is 0 Å². The van der Waals surface area contributed by atoms with Gasteiger partial charge in [-0.05, 0) is 37.3 Å². The lowest BCUT2D eigenvalue weighted by Gasteiger charge is -2.22. The van der Waals surface area contributed by atoms with Crippen molar-refractivity contribution in [3.05, 3.63) is 60.5 Å². The highest BCUT2D eigenvalue weighted by atomic mass is 16.5. The van der Waals surface area contributed by atoms with Crippen LogP contribution in [0.3, 0.4) is 0 Å². The van der Waals surface area contributed by atoms with Gasteiger partial charge >= 0.3 is 0 Å². The number of carbonyl (C=O) groups excluding carboxylic acids is 1. The maximum absolute atomic E-state index is 13.0. The van der Waals surface area contributed by atoms with Crippen LogP contribution in [0.15, 0.2) is 54.9 Å². The summed E-state index contributed by atoms with van der Waals surface area (Å²) >= 11 is 0. The summed E-state index contributed by atoms with van der Waals surface area (Å²) in [6, 6.07) is 10.7. The van der Waals surface area contributed by atoms with Crippen LogP contribution in [-0.2, 0) is 4.74 Å². The van der Waals surface area contributed by atoms with Crippen LogP contribution >= 0.6 is 0 Å². The second-order valence-corrected chi connectivity index (χ2v) is 5.42. The average molecular weight is 340 g/mol. The molecule has 1 amide bonds. The summed E-state index contributed by atoms with van der Waals surface area (Å²) in [5.74, 6) is 1.05. The second-order valence-electron chi connectivity index (χ2n) is 5.42. The number of anilines is 3. The minimum atomic E-state index is -0.169. The topological polar surface area (TPSA) is 80.5 Å². The molecule has 2 aromatic rings. The van der Waals surface area contributed by atoms with Gasteiger partial charge in [-0.25, -0.2) is 4.98 Å². The Labute approximate surface area is 148 Å². The highest BCUT2D eigenvalue weighted by Gasteiger charge is 2.19. The van der Waals surface area contributed by atoms with Crippen LogP contribution in [0.1, 0.15) is 23.7 Å². The fraction of sp³-hybridized carbons (Fsp3) is 0.263. The molecule has 3 N–H and O–H groups in total. The molecule has 1 heterocycles. The van der Waals surface area contributed by atoms with Gasteiger partial charge in [0.1, 0.15) is 5.82 Å². The standard InChI is InChI=1S/C19H24N4O2/c1-4-25-14(2)10-12-23(18-7-5-6-11-22-18)19(24)15-8-9-17(21-3)16(20)13-15/h5-9,11,13,21H,2,4,10,12,20H2,1,3H3. The summed E-state index contributed by atoms with van der Waals surface area (Å²) in [7, 11) is 1.78. The smallest absolute Gasteiger partial charge is 0.259 e. The van der Waals surface area contributed by atoms with Gasteiger partial charge in [0.25, 0.3) is 5.91 Å². The van der Waals surface area contributed by atoms with E-state index in [1.807, 2.05) is 19.1 Å². The van der Waals surface area contributed by atoms with Crippen LogP contribution < -0.4 is 16.0 Å². The zero-order valence-electron chi connectivity index (χ0n) is 14.7. The summed E-state index contributed by atoms with van der Waals surface area (Å²) in [5, 5.41) is 2.99. The predicted octanol–water partition coefficient (Wildman–Crippen LogP) is 3.29. The first-order valence-corrected chi connectivity index (χ1v) is 8.17. The molecule has 0 fully saturated rings. The Balaban J connectivity index is 2.26. The van der Waals surface area contributed by atoms with E-state index in [2.05, 4.69) is 16.9 Å². The van der Waals surface area contributed by atoms with Crippen LogP contribution in [0.4, 0.5) is 17.2 Å². The summed E-state index contributed by atoms with van der Waals surface area (Å²) < 4.78 is 5.38. The number of hydrogen-bond acceptors (Lipinski definition) is 5. The van der Waals surface area contributed by atoms with Gasteiger partial charge in [-0.15, -0.1) is 0 Å². The van der Waals surface area contributed by atoms with Gasteiger partial charge < -0.3 is 15.8 Å². The molecule has 0 bridgehead atoms. The fourth-order valence-electron chi connectivity index (χ4n) is 2.43. The summed E-state index contributed by atoms with van der Waals surface area (Å²) in [4.78, 5) is 18.9. The predicted molar refractivity (Wildman–Crippen MR) is 102 cm³/mol. The van der Waals surface area contributed by atoms with Gasteiger partial charge in [0, 0.05) is 31.8 Å². The van der Waals surface area contributed by atoms with Gasteiger partial charge in [0.05, 0.1) is 23.7 Å². The van der Waals surface area contributed by atoms with E-state index in [0.29, 0.717) is 42.4 Å². The molecule has 25 heavy (non-hydrogen) atoms. The number of ether oxygens (including phenoxy) is 1. The number of nitrogens with zero attached hydrogens (tertiary/aromatic N) is 2. The lowest BCUT2D eigenvalue weighted by atomic mass is 10.1. The van der Waals surface area contributed by atoms with E-state index in [1.54, 1.807) is 42.4 Å². The number of nitrogens with two attached hydrogens (primary N) is 1. The van der Waals surface area contributed by atoms with Crippen molar-refractivity contribution in [3.8, 4) is 0 Å². The Hall–Kier alpha value is -3.02. The Kier molecular flexibility index (Phi) is 6.39. The molecule has 0 radical (unpaired) electrons. The number of carbonyl (C=O) groups is 1. The Bertz CT molecular complexity index is 731. The zero-order chi connectivity index (χ0) is 18.2. The van der Waals surface area contributed by atoms with E-state index in [4.69, 9.17) is 10.5 Å². The number of benzene rings is 1. The molecule has 6 heteroatoms. The molecular formula is C19H24N4O2. The third-order valence-electron chi connectivity index (χ3n) is 3.70. The summed E-state index contributed by atoms with van der Waals surface area (Å²) in [6.07, 6.45) is 2.19. The van der Waals surface area contributed by atoms with Gasteiger partial charge in [-0.3, -0.25) is 9.69 Å². The monoisotopic (exact) mass is 340 g/mol. The molecule has 0 spiro atoms. The molecule has 2 rings (SSSR count). The van der Waals surface area contributed by atoms with Crippen molar-refractivity contribution < 1.29 is 9.53 Å². The van der Waals surface area contributed by atoms with E-state index >= 15 is 0 Å². The number of amides is 1. The maximum Gasteiger partial charge on any atom is 0.259 e. The highest BCUT2D eigenvalue weighted by Crippen LogP contribution is 2.22. The number of nitrogen functional groups attached to an aromatic ring is 1. The van der Waals surface area contributed by atoms with Gasteiger partial charge in [-0.1, -0.05) is 12.6 Å². The molecule has 6 nitrogen and oxygen atoms in total. The van der Waals surface area contributed by atoms with Crippen molar-refractivity contribution in [2.45, 2.75) is 13.3 Å². The van der Waals surface area contributed by atoms with Gasteiger partial charge in [0.15, 0.2) is 0 Å². The summed E-state index contributed by atoms with van der Waals surface area (Å²) in [6.45, 7) is 6.74. The Morgan fingerprint density at radius 2 is 2.16 bits per heavy atom. The molecule has 0 aliphatic carbocycles. The molecule has 0 atom stereocenters. The first-order valence-electron chi connectivity index (χ1n) is 8.17. The largest absolute Gasteiger partial charge is 0.499 e. The molecule has 0 saturated carbocycles.